The van der Waals surface area contributed by atoms with Crippen LogP contribution in [0, 0.1) is 0 Å². The van der Waals surface area contributed by atoms with Crippen molar-refractivity contribution in [2.45, 2.75) is 64.6 Å². The van der Waals surface area contributed by atoms with Gasteiger partial charge in [0.05, 0.1) is 12.7 Å². The predicted molar refractivity (Wildman–Crippen MR) is 57.0 cm³/mol. The molecule has 0 saturated carbocycles. The Morgan fingerprint density at radius 2 is 1.64 bits per heavy atom. The normalized spacial score (nSPS) is 26.4. The summed E-state index contributed by atoms with van der Waals surface area (Å²) in [6.07, 6.45) is 2.20. The van der Waals surface area contributed by atoms with Gasteiger partial charge in [-0.25, -0.2) is 9.78 Å². The number of rotatable bonds is 3. The predicted octanol–water partition coefficient (Wildman–Crippen LogP) is 2.26. The Bertz CT molecular complexity index is 174. The molecule has 0 radical (unpaired) electrons. The SMILES string of the molecule is CCOOC1CC(C)(C)NC(C)(C)C1. The quantitative estimate of drug-likeness (QED) is 0.561. The molecular weight excluding hydrogens is 178 g/mol. The largest absolute Gasteiger partial charge is 0.307 e. The van der Waals surface area contributed by atoms with E-state index in [0.29, 0.717) is 6.61 Å². The van der Waals surface area contributed by atoms with E-state index >= 15 is 0 Å². The van der Waals surface area contributed by atoms with Gasteiger partial charge in [-0.3, -0.25) is 0 Å². The highest BCUT2D eigenvalue weighted by Crippen LogP contribution is 2.30. The van der Waals surface area contributed by atoms with Crippen LogP contribution < -0.4 is 5.32 Å². The summed E-state index contributed by atoms with van der Waals surface area (Å²) in [6.45, 7) is 11.4. The second-order valence-electron chi connectivity index (χ2n) is 5.43. The first-order chi connectivity index (χ1) is 6.35. The van der Waals surface area contributed by atoms with Gasteiger partial charge in [0.1, 0.15) is 0 Å². The molecule has 1 rings (SSSR count). The van der Waals surface area contributed by atoms with Gasteiger partial charge >= 0.3 is 0 Å². The maximum atomic E-state index is 5.36. The molecule has 1 aliphatic rings. The second-order valence-corrected chi connectivity index (χ2v) is 5.43. The molecule has 1 fully saturated rings. The van der Waals surface area contributed by atoms with Crippen LogP contribution in [0.15, 0.2) is 0 Å². The molecular formula is C11H23NO2. The lowest BCUT2D eigenvalue weighted by Gasteiger charge is -2.45. The number of hydrogen-bond donors (Lipinski definition) is 1. The van der Waals surface area contributed by atoms with Crippen molar-refractivity contribution in [3.8, 4) is 0 Å². The van der Waals surface area contributed by atoms with Crippen molar-refractivity contribution in [2.75, 3.05) is 6.61 Å². The van der Waals surface area contributed by atoms with Gasteiger partial charge in [-0.1, -0.05) is 0 Å². The first-order valence-electron chi connectivity index (χ1n) is 5.42. The standard InChI is InChI=1S/C11H23NO2/c1-6-13-14-9-7-10(2,3)12-11(4,5)8-9/h9,12H,6-8H2,1-5H3. The zero-order valence-corrected chi connectivity index (χ0v) is 10.0. The van der Waals surface area contributed by atoms with E-state index in [9.17, 15) is 0 Å². The van der Waals surface area contributed by atoms with Gasteiger partial charge in [0.2, 0.25) is 0 Å². The van der Waals surface area contributed by atoms with Crippen molar-refractivity contribution in [3.05, 3.63) is 0 Å². The summed E-state index contributed by atoms with van der Waals surface area (Å²) in [4.78, 5) is 10.4. The van der Waals surface area contributed by atoms with Crippen LogP contribution >= 0.6 is 0 Å². The molecule has 0 aliphatic carbocycles. The minimum Gasteiger partial charge on any atom is -0.307 e. The van der Waals surface area contributed by atoms with Crippen molar-refractivity contribution in [1.29, 1.82) is 0 Å². The van der Waals surface area contributed by atoms with E-state index in [1.54, 1.807) is 0 Å². The molecule has 1 aliphatic heterocycles. The van der Waals surface area contributed by atoms with E-state index in [1.165, 1.54) is 0 Å². The summed E-state index contributed by atoms with van der Waals surface area (Å²) in [5, 5.41) is 3.60. The van der Waals surface area contributed by atoms with E-state index in [2.05, 4.69) is 33.0 Å². The molecule has 14 heavy (non-hydrogen) atoms. The Balaban J connectivity index is 2.53. The number of hydrogen-bond acceptors (Lipinski definition) is 3. The van der Waals surface area contributed by atoms with Gasteiger partial charge in [-0.05, 0) is 47.5 Å². The van der Waals surface area contributed by atoms with E-state index in [0.717, 1.165) is 12.8 Å². The fourth-order valence-corrected chi connectivity index (χ4v) is 2.46. The van der Waals surface area contributed by atoms with E-state index in [1.807, 2.05) is 6.92 Å². The van der Waals surface area contributed by atoms with Gasteiger partial charge in [0, 0.05) is 11.1 Å². The molecule has 1 heterocycles. The first kappa shape index (κ1) is 12.0. The highest BCUT2D eigenvalue weighted by atomic mass is 17.2. The smallest absolute Gasteiger partial charge is 0.0964 e. The highest BCUT2D eigenvalue weighted by molar-refractivity contribution is 4.97. The average molecular weight is 201 g/mol. The monoisotopic (exact) mass is 201 g/mol. The summed E-state index contributed by atoms with van der Waals surface area (Å²) in [7, 11) is 0. The molecule has 0 atom stereocenters. The Hall–Kier alpha value is -0.120. The maximum absolute atomic E-state index is 5.36. The molecule has 0 bridgehead atoms. The second kappa shape index (κ2) is 4.17. The van der Waals surface area contributed by atoms with Crippen LogP contribution in [0.3, 0.4) is 0 Å². The lowest BCUT2D eigenvalue weighted by Crippen LogP contribution is -2.59. The van der Waals surface area contributed by atoms with Crippen molar-refractivity contribution in [3.63, 3.8) is 0 Å². The molecule has 0 aromatic carbocycles. The van der Waals surface area contributed by atoms with E-state index in [-0.39, 0.29) is 17.2 Å². The molecule has 3 nitrogen and oxygen atoms in total. The molecule has 84 valence electrons. The lowest BCUT2D eigenvalue weighted by molar-refractivity contribution is -0.331. The van der Waals surface area contributed by atoms with Crippen molar-refractivity contribution < 1.29 is 9.78 Å². The molecule has 3 heteroatoms. The fourth-order valence-electron chi connectivity index (χ4n) is 2.46. The summed E-state index contributed by atoms with van der Waals surface area (Å²) >= 11 is 0. The van der Waals surface area contributed by atoms with Crippen LogP contribution in [0.1, 0.15) is 47.5 Å². The van der Waals surface area contributed by atoms with Gasteiger partial charge in [0.25, 0.3) is 0 Å². The van der Waals surface area contributed by atoms with Crippen LogP contribution in [0.25, 0.3) is 0 Å². The summed E-state index contributed by atoms with van der Waals surface area (Å²) < 4.78 is 0. The van der Waals surface area contributed by atoms with Gasteiger partial charge in [0.15, 0.2) is 0 Å². The summed E-state index contributed by atoms with van der Waals surface area (Å²) in [5.74, 6) is 0. The topological polar surface area (TPSA) is 30.5 Å². The molecule has 0 aromatic heterocycles. The Morgan fingerprint density at radius 1 is 1.14 bits per heavy atom. The Labute approximate surface area is 87.1 Å². The molecule has 1 N–H and O–H groups in total. The molecule has 1 saturated heterocycles. The first-order valence-corrected chi connectivity index (χ1v) is 5.42. The summed E-state index contributed by atoms with van der Waals surface area (Å²) in [5.41, 5.74) is 0.257. The van der Waals surface area contributed by atoms with Gasteiger partial charge < -0.3 is 5.32 Å². The lowest BCUT2D eigenvalue weighted by atomic mass is 9.81. The van der Waals surface area contributed by atoms with Crippen LogP contribution in [0.2, 0.25) is 0 Å². The van der Waals surface area contributed by atoms with Gasteiger partial charge in [-0.2, -0.15) is 0 Å². The molecule has 0 unspecified atom stereocenters. The van der Waals surface area contributed by atoms with Crippen molar-refractivity contribution in [2.24, 2.45) is 0 Å². The van der Waals surface area contributed by atoms with Crippen molar-refractivity contribution >= 4 is 0 Å². The Kier molecular flexibility index (Phi) is 3.56. The zero-order chi connectivity index (χ0) is 10.8. The van der Waals surface area contributed by atoms with Crippen LogP contribution in [-0.4, -0.2) is 23.8 Å². The minimum atomic E-state index is 0.128. The third kappa shape index (κ3) is 3.56. The van der Waals surface area contributed by atoms with E-state index in [4.69, 9.17) is 9.78 Å². The fraction of sp³-hybridized carbons (Fsp3) is 1.00. The number of nitrogens with one attached hydrogen (secondary N) is 1. The zero-order valence-electron chi connectivity index (χ0n) is 10.0. The van der Waals surface area contributed by atoms with Crippen LogP contribution in [0.5, 0.6) is 0 Å². The third-order valence-corrected chi connectivity index (χ3v) is 2.47. The molecule has 0 spiro atoms. The molecule has 0 aromatic rings. The maximum Gasteiger partial charge on any atom is 0.0964 e. The van der Waals surface area contributed by atoms with E-state index < -0.39 is 0 Å². The van der Waals surface area contributed by atoms with Crippen molar-refractivity contribution in [1.82, 2.24) is 5.32 Å². The summed E-state index contributed by atoms with van der Waals surface area (Å²) in [6, 6.07) is 0. The third-order valence-electron chi connectivity index (χ3n) is 2.47. The Morgan fingerprint density at radius 3 is 2.07 bits per heavy atom. The van der Waals surface area contributed by atoms with Gasteiger partial charge in [-0.15, -0.1) is 0 Å². The van der Waals surface area contributed by atoms with Crippen LogP contribution in [-0.2, 0) is 9.78 Å². The number of piperidine rings is 1. The highest BCUT2D eigenvalue weighted by Gasteiger charge is 2.38. The average Bonchev–Trinajstić information content (AvgIpc) is 1.94. The molecule has 0 amide bonds. The minimum absolute atomic E-state index is 0.128. The van der Waals surface area contributed by atoms with Crippen LogP contribution in [0.4, 0.5) is 0 Å².